The van der Waals surface area contributed by atoms with Crippen molar-refractivity contribution in [3.05, 3.63) is 83.9 Å². The number of pyridine rings is 1. The monoisotopic (exact) mass is 405 g/mol. The molecule has 1 aliphatic rings. The summed E-state index contributed by atoms with van der Waals surface area (Å²) >= 11 is 5.75. The third-order valence-corrected chi connectivity index (χ3v) is 5.94. The molecule has 0 saturated carbocycles. The first-order chi connectivity index (χ1) is 14.1. The van der Waals surface area contributed by atoms with Crippen LogP contribution in [0.2, 0.25) is 0 Å². The van der Waals surface area contributed by atoms with Gasteiger partial charge in [0.1, 0.15) is 0 Å². The van der Waals surface area contributed by atoms with Gasteiger partial charge >= 0.3 is 0 Å². The Hall–Kier alpha value is -2.86. The SMILES string of the molecule is Cc1ccc([C@@H]2[C@@H](c3ccccn3)NC(=S)N2CCCNc2ccccc2)n1C. The smallest absolute Gasteiger partial charge is 0.170 e. The molecule has 0 spiro atoms. The first-order valence-electron chi connectivity index (χ1n) is 10.0. The van der Waals surface area contributed by atoms with Crippen LogP contribution in [0.3, 0.4) is 0 Å². The molecule has 150 valence electrons. The van der Waals surface area contributed by atoms with E-state index >= 15 is 0 Å². The second kappa shape index (κ2) is 8.66. The molecule has 1 aromatic carbocycles. The van der Waals surface area contributed by atoms with Crippen molar-refractivity contribution in [1.29, 1.82) is 0 Å². The van der Waals surface area contributed by atoms with Gasteiger partial charge in [-0.05, 0) is 62.0 Å². The normalized spacial score (nSPS) is 18.7. The number of anilines is 1. The van der Waals surface area contributed by atoms with Crippen LogP contribution in [0.1, 0.15) is 35.6 Å². The van der Waals surface area contributed by atoms with Crippen LogP contribution in [0, 0.1) is 6.92 Å². The molecule has 1 aliphatic heterocycles. The van der Waals surface area contributed by atoms with Crippen molar-refractivity contribution in [3.63, 3.8) is 0 Å². The Bertz CT molecular complexity index is 954. The lowest BCUT2D eigenvalue weighted by atomic mass is 10.0. The molecule has 2 N–H and O–H groups in total. The Balaban J connectivity index is 1.52. The summed E-state index contributed by atoms with van der Waals surface area (Å²) in [6.07, 6.45) is 2.84. The maximum absolute atomic E-state index is 5.75. The maximum Gasteiger partial charge on any atom is 0.170 e. The second-order valence-corrected chi connectivity index (χ2v) is 7.81. The lowest BCUT2D eigenvalue weighted by molar-refractivity contribution is 0.304. The first-order valence-corrected chi connectivity index (χ1v) is 10.4. The molecule has 29 heavy (non-hydrogen) atoms. The lowest BCUT2D eigenvalue weighted by Crippen LogP contribution is -2.32. The minimum absolute atomic E-state index is 0.0405. The molecule has 2 aromatic heterocycles. The third kappa shape index (κ3) is 4.12. The number of aromatic nitrogens is 2. The average molecular weight is 406 g/mol. The number of benzene rings is 1. The predicted molar refractivity (Wildman–Crippen MR) is 122 cm³/mol. The Labute approximate surface area is 177 Å². The maximum atomic E-state index is 5.75. The van der Waals surface area contributed by atoms with Gasteiger partial charge in [-0.1, -0.05) is 24.3 Å². The number of thiocarbonyl (C=S) groups is 1. The number of rotatable bonds is 7. The van der Waals surface area contributed by atoms with E-state index in [0.717, 1.165) is 36.0 Å². The van der Waals surface area contributed by atoms with Crippen LogP contribution in [0.15, 0.2) is 66.9 Å². The van der Waals surface area contributed by atoms with Crippen LogP contribution in [0.4, 0.5) is 5.69 Å². The van der Waals surface area contributed by atoms with Gasteiger partial charge in [0, 0.05) is 43.4 Å². The Morgan fingerprint density at radius 3 is 2.55 bits per heavy atom. The van der Waals surface area contributed by atoms with Gasteiger partial charge < -0.3 is 20.1 Å². The summed E-state index contributed by atoms with van der Waals surface area (Å²) in [5.41, 5.74) is 4.66. The van der Waals surface area contributed by atoms with Gasteiger partial charge in [-0.25, -0.2) is 0 Å². The Kier molecular flexibility index (Phi) is 5.81. The molecule has 1 saturated heterocycles. The summed E-state index contributed by atoms with van der Waals surface area (Å²) in [4.78, 5) is 6.92. The largest absolute Gasteiger partial charge is 0.385 e. The molecular weight excluding hydrogens is 378 g/mol. The zero-order valence-electron chi connectivity index (χ0n) is 16.9. The summed E-state index contributed by atoms with van der Waals surface area (Å²) in [5, 5.41) is 7.81. The Morgan fingerprint density at radius 2 is 1.86 bits per heavy atom. The van der Waals surface area contributed by atoms with Crippen LogP contribution in [-0.4, -0.2) is 32.7 Å². The number of para-hydroxylation sites is 1. The fraction of sp³-hybridized carbons (Fsp3) is 0.304. The van der Waals surface area contributed by atoms with E-state index in [9.17, 15) is 0 Å². The minimum atomic E-state index is 0.0405. The second-order valence-electron chi connectivity index (χ2n) is 7.42. The molecule has 6 heteroatoms. The lowest BCUT2D eigenvalue weighted by Gasteiger charge is -2.28. The predicted octanol–water partition coefficient (Wildman–Crippen LogP) is 4.20. The number of aryl methyl sites for hydroxylation is 1. The van der Waals surface area contributed by atoms with Crippen molar-refractivity contribution in [2.45, 2.75) is 25.4 Å². The molecule has 0 aliphatic carbocycles. The molecule has 0 unspecified atom stereocenters. The molecule has 3 heterocycles. The molecule has 0 bridgehead atoms. The van der Waals surface area contributed by atoms with Crippen LogP contribution >= 0.6 is 12.2 Å². The number of nitrogens with zero attached hydrogens (tertiary/aromatic N) is 3. The van der Waals surface area contributed by atoms with E-state index in [4.69, 9.17) is 12.2 Å². The molecule has 2 atom stereocenters. The van der Waals surface area contributed by atoms with E-state index in [0.29, 0.717) is 0 Å². The Morgan fingerprint density at radius 1 is 1.07 bits per heavy atom. The standard InChI is InChI=1S/C23H27N5S/c1-17-12-13-20(27(17)2)22-21(19-11-6-7-14-25-19)26-23(29)28(22)16-8-15-24-18-9-4-3-5-10-18/h3-7,9-14,21-22,24H,8,15-16H2,1-2H3,(H,26,29)/t21-,22-/m1/s1. The van der Waals surface area contributed by atoms with E-state index in [2.05, 4.69) is 69.4 Å². The van der Waals surface area contributed by atoms with Crippen LogP contribution in [0.25, 0.3) is 0 Å². The van der Waals surface area contributed by atoms with Crippen LogP contribution in [0.5, 0.6) is 0 Å². The van der Waals surface area contributed by atoms with E-state index in [1.807, 2.05) is 36.5 Å². The van der Waals surface area contributed by atoms with Gasteiger partial charge in [-0.2, -0.15) is 0 Å². The van der Waals surface area contributed by atoms with Gasteiger partial charge in [-0.15, -0.1) is 0 Å². The zero-order valence-corrected chi connectivity index (χ0v) is 17.7. The van der Waals surface area contributed by atoms with Crippen molar-refractivity contribution in [2.24, 2.45) is 7.05 Å². The number of hydrogen-bond acceptors (Lipinski definition) is 3. The molecule has 0 amide bonds. The third-order valence-electron chi connectivity index (χ3n) is 5.59. The zero-order chi connectivity index (χ0) is 20.2. The fourth-order valence-electron chi connectivity index (χ4n) is 3.94. The van der Waals surface area contributed by atoms with Gasteiger partial charge in [0.15, 0.2) is 5.11 Å². The summed E-state index contributed by atoms with van der Waals surface area (Å²) in [6, 6.07) is 20.9. The fourth-order valence-corrected chi connectivity index (χ4v) is 4.27. The highest BCUT2D eigenvalue weighted by Gasteiger charge is 2.40. The van der Waals surface area contributed by atoms with Crippen molar-refractivity contribution < 1.29 is 0 Å². The summed E-state index contributed by atoms with van der Waals surface area (Å²) in [5.74, 6) is 0. The highest BCUT2D eigenvalue weighted by Crippen LogP contribution is 2.38. The molecule has 5 nitrogen and oxygen atoms in total. The van der Waals surface area contributed by atoms with Gasteiger partial charge in [0.2, 0.25) is 0 Å². The molecule has 3 aromatic rings. The number of nitrogens with one attached hydrogen (secondary N) is 2. The molecule has 0 radical (unpaired) electrons. The average Bonchev–Trinajstić information content (AvgIpc) is 3.25. The summed E-state index contributed by atoms with van der Waals surface area (Å²) in [6.45, 7) is 3.91. The highest BCUT2D eigenvalue weighted by molar-refractivity contribution is 7.80. The first kappa shape index (κ1) is 19.5. The highest BCUT2D eigenvalue weighted by atomic mass is 32.1. The van der Waals surface area contributed by atoms with E-state index < -0.39 is 0 Å². The summed E-state index contributed by atoms with van der Waals surface area (Å²) < 4.78 is 2.26. The molecule has 1 fully saturated rings. The van der Waals surface area contributed by atoms with Crippen LogP contribution in [-0.2, 0) is 7.05 Å². The molecule has 4 rings (SSSR count). The summed E-state index contributed by atoms with van der Waals surface area (Å²) in [7, 11) is 2.12. The van der Waals surface area contributed by atoms with Crippen molar-refractivity contribution >= 4 is 23.0 Å². The number of hydrogen-bond donors (Lipinski definition) is 2. The van der Waals surface area contributed by atoms with Crippen LogP contribution < -0.4 is 10.6 Å². The van der Waals surface area contributed by atoms with E-state index in [-0.39, 0.29) is 12.1 Å². The van der Waals surface area contributed by atoms with E-state index in [1.54, 1.807) is 0 Å². The van der Waals surface area contributed by atoms with Gasteiger partial charge in [-0.3, -0.25) is 4.98 Å². The topological polar surface area (TPSA) is 45.1 Å². The van der Waals surface area contributed by atoms with Crippen molar-refractivity contribution in [2.75, 3.05) is 18.4 Å². The van der Waals surface area contributed by atoms with Gasteiger partial charge in [0.05, 0.1) is 17.8 Å². The van der Waals surface area contributed by atoms with Gasteiger partial charge in [0.25, 0.3) is 0 Å². The quantitative estimate of drug-likeness (QED) is 0.456. The molecular formula is C23H27N5S. The minimum Gasteiger partial charge on any atom is -0.385 e. The van der Waals surface area contributed by atoms with E-state index in [1.165, 1.54) is 11.4 Å². The van der Waals surface area contributed by atoms with Crippen molar-refractivity contribution in [1.82, 2.24) is 19.8 Å². The van der Waals surface area contributed by atoms with Crippen molar-refractivity contribution in [3.8, 4) is 0 Å².